The molecule has 0 bridgehead atoms. The molecule has 0 saturated carbocycles. The van der Waals surface area contributed by atoms with Gasteiger partial charge in [0.25, 0.3) is 5.91 Å². The third kappa shape index (κ3) is 4.03. The van der Waals surface area contributed by atoms with Gasteiger partial charge in [0.2, 0.25) is 0 Å². The van der Waals surface area contributed by atoms with E-state index < -0.39 is 5.60 Å². The number of rotatable bonds is 4. The zero-order chi connectivity index (χ0) is 13.1. The van der Waals surface area contributed by atoms with Crippen LogP contribution in [0.15, 0.2) is 18.5 Å². The normalized spacial score (nSPS) is 11.3. The molecule has 0 atom stereocenters. The van der Waals surface area contributed by atoms with Crippen molar-refractivity contribution in [2.45, 2.75) is 26.4 Å². The fraction of sp³-hybridized carbons (Fsp3) is 0.500. The number of carbonyl (C=O) groups excluding carboxylic acids is 1. The maximum absolute atomic E-state index is 12.1. The average Bonchev–Trinajstić information content (AvgIpc) is 2.23. The van der Waals surface area contributed by atoms with Gasteiger partial charge in [0, 0.05) is 19.3 Å². The molecule has 0 aliphatic rings. The van der Waals surface area contributed by atoms with Crippen LogP contribution in [0.1, 0.15) is 31.1 Å². The number of aromatic hydroxyl groups is 1. The van der Waals surface area contributed by atoms with Gasteiger partial charge >= 0.3 is 0 Å². The zero-order valence-corrected chi connectivity index (χ0v) is 10.3. The molecule has 0 unspecified atom stereocenters. The molecule has 5 heteroatoms. The van der Waals surface area contributed by atoms with E-state index in [2.05, 4.69) is 4.98 Å². The van der Waals surface area contributed by atoms with Crippen LogP contribution in [-0.4, -0.2) is 44.7 Å². The van der Waals surface area contributed by atoms with Gasteiger partial charge in [0.1, 0.15) is 5.75 Å². The summed E-state index contributed by atoms with van der Waals surface area (Å²) in [5, 5.41) is 19.0. The Morgan fingerprint density at radius 2 is 2.12 bits per heavy atom. The molecule has 0 spiro atoms. The van der Waals surface area contributed by atoms with E-state index in [9.17, 15) is 15.0 Å². The molecule has 0 aliphatic carbocycles. The number of likely N-dealkylation sites (N-methyl/N-ethyl adjacent to an activating group) is 1. The number of aliphatic hydroxyl groups is 1. The maximum Gasteiger partial charge on any atom is 0.255 e. The van der Waals surface area contributed by atoms with Crippen molar-refractivity contribution >= 4 is 5.91 Å². The first-order chi connectivity index (χ1) is 7.83. The minimum atomic E-state index is -0.948. The molecule has 2 N–H and O–H groups in total. The summed E-state index contributed by atoms with van der Waals surface area (Å²) in [5.74, 6) is -0.298. The predicted octanol–water partition coefficient (Wildman–Crippen LogP) is 1.02. The lowest BCUT2D eigenvalue weighted by Crippen LogP contribution is -2.42. The lowest BCUT2D eigenvalue weighted by atomic mass is 10.1. The molecule has 5 nitrogen and oxygen atoms in total. The monoisotopic (exact) mass is 238 g/mol. The van der Waals surface area contributed by atoms with Crippen LogP contribution in [0.5, 0.6) is 5.75 Å². The SMILES string of the molecule is CCN(CC(C)(C)O)C(=O)c1cncc(O)c1. The largest absolute Gasteiger partial charge is 0.506 e. The second kappa shape index (κ2) is 5.14. The van der Waals surface area contributed by atoms with Gasteiger partial charge in [0.05, 0.1) is 17.4 Å². The molecule has 1 amide bonds. The Hall–Kier alpha value is -1.62. The second-order valence-corrected chi connectivity index (χ2v) is 4.56. The van der Waals surface area contributed by atoms with Crippen LogP contribution in [-0.2, 0) is 0 Å². The van der Waals surface area contributed by atoms with Crippen molar-refractivity contribution < 1.29 is 15.0 Å². The molecule has 0 radical (unpaired) electrons. The molecule has 1 aromatic rings. The summed E-state index contributed by atoms with van der Waals surface area (Å²) in [7, 11) is 0. The van der Waals surface area contributed by atoms with Gasteiger partial charge in [-0.25, -0.2) is 0 Å². The van der Waals surface area contributed by atoms with Gasteiger partial charge in [-0.2, -0.15) is 0 Å². The van der Waals surface area contributed by atoms with Crippen LogP contribution in [0.25, 0.3) is 0 Å². The molecule has 0 aromatic carbocycles. The molecule has 1 rings (SSSR count). The summed E-state index contributed by atoms with van der Waals surface area (Å²) in [4.78, 5) is 17.3. The molecule has 0 saturated heterocycles. The van der Waals surface area contributed by atoms with E-state index >= 15 is 0 Å². The summed E-state index contributed by atoms with van der Waals surface area (Å²) in [6.07, 6.45) is 2.66. The Kier molecular flexibility index (Phi) is 4.07. The summed E-state index contributed by atoms with van der Waals surface area (Å²) in [5.41, 5.74) is -0.633. The Bertz CT molecular complexity index is 399. The number of carbonyl (C=O) groups is 1. The standard InChI is InChI=1S/C12H18N2O3/c1-4-14(8-12(2,3)17)11(16)9-5-10(15)7-13-6-9/h5-7,15,17H,4,8H2,1-3H3. The molecule has 0 aliphatic heterocycles. The van der Waals surface area contributed by atoms with Crippen molar-refractivity contribution in [2.75, 3.05) is 13.1 Å². The number of aromatic nitrogens is 1. The highest BCUT2D eigenvalue weighted by molar-refractivity contribution is 5.94. The first kappa shape index (κ1) is 13.4. The number of hydrogen-bond donors (Lipinski definition) is 2. The highest BCUT2D eigenvalue weighted by Gasteiger charge is 2.22. The van der Waals surface area contributed by atoms with Crippen LogP contribution < -0.4 is 0 Å². The quantitative estimate of drug-likeness (QED) is 0.821. The van der Waals surface area contributed by atoms with E-state index in [0.717, 1.165) is 0 Å². The Morgan fingerprint density at radius 3 is 2.59 bits per heavy atom. The van der Waals surface area contributed by atoms with Crippen molar-refractivity contribution in [3.63, 3.8) is 0 Å². The van der Waals surface area contributed by atoms with Gasteiger partial charge in [-0.3, -0.25) is 9.78 Å². The second-order valence-electron chi connectivity index (χ2n) is 4.56. The van der Waals surface area contributed by atoms with Gasteiger partial charge < -0.3 is 15.1 Å². The molecule has 94 valence electrons. The number of nitrogens with zero attached hydrogens (tertiary/aromatic N) is 2. The van der Waals surface area contributed by atoms with E-state index in [-0.39, 0.29) is 18.2 Å². The first-order valence-electron chi connectivity index (χ1n) is 5.49. The average molecular weight is 238 g/mol. The summed E-state index contributed by atoms with van der Waals surface area (Å²) < 4.78 is 0. The Labute approximate surface area is 101 Å². The van der Waals surface area contributed by atoms with E-state index in [1.54, 1.807) is 13.8 Å². The van der Waals surface area contributed by atoms with E-state index in [4.69, 9.17) is 0 Å². The molecule has 1 heterocycles. The topological polar surface area (TPSA) is 73.7 Å². The van der Waals surface area contributed by atoms with Gasteiger partial charge in [-0.1, -0.05) is 0 Å². The first-order valence-corrected chi connectivity index (χ1v) is 5.49. The molecule has 1 aromatic heterocycles. The third-order valence-corrected chi connectivity index (χ3v) is 2.22. The highest BCUT2D eigenvalue weighted by atomic mass is 16.3. The fourth-order valence-electron chi connectivity index (χ4n) is 1.52. The molecular weight excluding hydrogens is 220 g/mol. The summed E-state index contributed by atoms with van der Waals surface area (Å²) in [6, 6.07) is 1.36. The minimum Gasteiger partial charge on any atom is -0.506 e. The summed E-state index contributed by atoms with van der Waals surface area (Å²) in [6.45, 7) is 5.84. The van der Waals surface area contributed by atoms with Crippen molar-refractivity contribution in [1.82, 2.24) is 9.88 Å². The van der Waals surface area contributed by atoms with Crippen LogP contribution in [0.2, 0.25) is 0 Å². The third-order valence-electron chi connectivity index (χ3n) is 2.22. The molecule has 17 heavy (non-hydrogen) atoms. The van der Waals surface area contributed by atoms with Gasteiger partial charge in [-0.15, -0.1) is 0 Å². The van der Waals surface area contributed by atoms with Crippen LogP contribution in [0, 0.1) is 0 Å². The van der Waals surface area contributed by atoms with Crippen molar-refractivity contribution in [3.8, 4) is 5.75 Å². The number of amides is 1. The number of pyridine rings is 1. The van der Waals surface area contributed by atoms with Gasteiger partial charge in [0.15, 0.2) is 0 Å². The van der Waals surface area contributed by atoms with E-state index in [1.807, 2.05) is 6.92 Å². The summed E-state index contributed by atoms with van der Waals surface area (Å²) >= 11 is 0. The van der Waals surface area contributed by atoms with Crippen molar-refractivity contribution in [2.24, 2.45) is 0 Å². The number of hydrogen-bond acceptors (Lipinski definition) is 4. The van der Waals surface area contributed by atoms with E-state index in [0.29, 0.717) is 12.1 Å². The Balaban J connectivity index is 2.87. The Morgan fingerprint density at radius 1 is 1.47 bits per heavy atom. The smallest absolute Gasteiger partial charge is 0.255 e. The minimum absolute atomic E-state index is 0.0461. The lowest BCUT2D eigenvalue weighted by molar-refractivity contribution is 0.0314. The zero-order valence-electron chi connectivity index (χ0n) is 10.3. The maximum atomic E-state index is 12.1. The van der Waals surface area contributed by atoms with Gasteiger partial charge in [-0.05, 0) is 26.8 Å². The van der Waals surface area contributed by atoms with E-state index in [1.165, 1.54) is 23.4 Å². The van der Waals surface area contributed by atoms with Crippen LogP contribution in [0.3, 0.4) is 0 Å². The highest BCUT2D eigenvalue weighted by Crippen LogP contribution is 2.13. The fourth-order valence-corrected chi connectivity index (χ4v) is 1.52. The lowest BCUT2D eigenvalue weighted by Gasteiger charge is -2.28. The van der Waals surface area contributed by atoms with Crippen LogP contribution >= 0.6 is 0 Å². The van der Waals surface area contributed by atoms with Crippen molar-refractivity contribution in [3.05, 3.63) is 24.0 Å². The molecule has 0 fully saturated rings. The predicted molar refractivity (Wildman–Crippen MR) is 63.8 cm³/mol. The molecular formula is C12H18N2O3. The van der Waals surface area contributed by atoms with Crippen LogP contribution in [0.4, 0.5) is 0 Å². The van der Waals surface area contributed by atoms with Crippen molar-refractivity contribution in [1.29, 1.82) is 0 Å².